The maximum Gasteiger partial charge on any atom is 0.147 e. The molecule has 0 aromatic carbocycles. The predicted molar refractivity (Wildman–Crippen MR) is 85.9 cm³/mol. The van der Waals surface area contributed by atoms with E-state index in [0.717, 1.165) is 24.6 Å². The van der Waals surface area contributed by atoms with Crippen molar-refractivity contribution in [2.24, 2.45) is 5.92 Å². The molecule has 4 nitrogen and oxygen atoms in total. The van der Waals surface area contributed by atoms with E-state index < -0.39 is 0 Å². The van der Waals surface area contributed by atoms with Crippen LogP contribution in [0.1, 0.15) is 54.2 Å². The fourth-order valence-corrected chi connectivity index (χ4v) is 1.91. The molecule has 0 amide bonds. The molecule has 0 saturated carbocycles. The SMILES string of the molecule is CC(C)CN(c1cnc(CNC(C)(C)C)cn1)C(C)C. The van der Waals surface area contributed by atoms with Crippen molar-refractivity contribution in [3.63, 3.8) is 0 Å². The molecule has 1 N–H and O–H groups in total. The summed E-state index contributed by atoms with van der Waals surface area (Å²) in [5.41, 5.74) is 1.08. The monoisotopic (exact) mass is 278 g/mol. The molecular weight excluding hydrogens is 248 g/mol. The molecule has 0 radical (unpaired) electrons. The van der Waals surface area contributed by atoms with E-state index in [1.165, 1.54) is 0 Å². The molecule has 1 heterocycles. The first-order valence-corrected chi connectivity index (χ1v) is 7.51. The van der Waals surface area contributed by atoms with E-state index in [1.807, 2.05) is 12.4 Å². The second-order valence-corrected chi connectivity index (χ2v) is 7.11. The van der Waals surface area contributed by atoms with Gasteiger partial charge >= 0.3 is 0 Å². The zero-order chi connectivity index (χ0) is 15.3. The number of hydrogen-bond acceptors (Lipinski definition) is 4. The fraction of sp³-hybridized carbons (Fsp3) is 0.750. The number of nitrogens with one attached hydrogen (secondary N) is 1. The normalized spacial score (nSPS) is 12.2. The lowest BCUT2D eigenvalue weighted by Gasteiger charge is -2.29. The lowest BCUT2D eigenvalue weighted by molar-refractivity contribution is 0.421. The molecule has 0 fully saturated rings. The van der Waals surface area contributed by atoms with Gasteiger partial charge in [0.05, 0.1) is 18.1 Å². The summed E-state index contributed by atoms with van der Waals surface area (Å²) in [6, 6.07) is 0.435. The number of anilines is 1. The smallest absolute Gasteiger partial charge is 0.147 e. The van der Waals surface area contributed by atoms with Gasteiger partial charge in [0.25, 0.3) is 0 Å². The van der Waals surface area contributed by atoms with Crippen LogP contribution in [0.25, 0.3) is 0 Å². The average molecular weight is 278 g/mol. The summed E-state index contributed by atoms with van der Waals surface area (Å²) in [6.45, 7) is 17.1. The largest absolute Gasteiger partial charge is 0.353 e. The molecule has 0 saturated heterocycles. The van der Waals surface area contributed by atoms with Gasteiger partial charge in [-0.2, -0.15) is 0 Å². The Kier molecular flexibility index (Phi) is 5.93. The quantitative estimate of drug-likeness (QED) is 0.867. The summed E-state index contributed by atoms with van der Waals surface area (Å²) in [4.78, 5) is 11.4. The predicted octanol–water partition coefficient (Wildman–Crippen LogP) is 3.24. The van der Waals surface area contributed by atoms with Crippen LogP contribution in [0.5, 0.6) is 0 Å². The van der Waals surface area contributed by atoms with Crippen LogP contribution < -0.4 is 10.2 Å². The van der Waals surface area contributed by atoms with Crippen molar-refractivity contribution in [1.82, 2.24) is 15.3 Å². The van der Waals surface area contributed by atoms with E-state index in [0.29, 0.717) is 12.0 Å². The molecule has 0 spiro atoms. The maximum absolute atomic E-state index is 4.58. The van der Waals surface area contributed by atoms with E-state index in [4.69, 9.17) is 0 Å². The minimum absolute atomic E-state index is 0.0992. The zero-order valence-electron chi connectivity index (χ0n) is 14.1. The number of aromatic nitrogens is 2. The lowest BCUT2D eigenvalue weighted by Crippen LogP contribution is -2.36. The van der Waals surface area contributed by atoms with Crippen molar-refractivity contribution < 1.29 is 0 Å². The Bertz CT molecular complexity index is 390. The van der Waals surface area contributed by atoms with Crippen molar-refractivity contribution in [3.8, 4) is 0 Å². The molecule has 0 aliphatic rings. The minimum Gasteiger partial charge on any atom is -0.353 e. The highest BCUT2D eigenvalue weighted by Crippen LogP contribution is 2.15. The van der Waals surface area contributed by atoms with Gasteiger partial charge in [-0.05, 0) is 40.5 Å². The second kappa shape index (κ2) is 7.02. The first-order chi connectivity index (χ1) is 9.19. The Hall–Kier alpha value is -1.16. The highest BCUT2D eigenvalue weighted by Gasteiger charge is 2.14. The van der Waals surface area contributed by atoms with Gasteiger partial charge in [-0.1, -0.05) is 13.8 Å². The first-order valence-electron chi connectivity index (χ1n) is 7.51. The Balaban J connectivity index is 2.73. The van der Waals surface area contributed by atoms with Crippen LogP contribution in [0.4, 0.5) is 5.82 Å². The molecule has 1 aromatic rings. The van der Waals surface area contributed by atoms with Crippen LogP contribution in [0.15, 0.2) is 12.4 Å². The Labute approximate surface area is 124 Å². The number of hydrogen-bond donors (Lipinski definition) is 1. The third-order valence-electron chi connectivity index (χ3n) is 2.97. The molecule has 0 aliphatic carbocycles. The summed E-state index contributed by atoms with van der Waals surface area (Å²) >= 11 is 0. The zero-order valence-corrected chi connectivity index (χ0v) is 14.1. The van der Waals surface area contributed by atoms with Crippen LogP contribution >= 0.6 is 0 Å². The van der Waals surface area contributed by atoms with Crippen LogP contribution in [-0.4, -0.2) is 28.1 Å². The molecule has 1 aromatic heterocycles. The highest BCUT2D eigenvalue weighted by atomic mass is 15.2. The molecule has 20 heavy (non-hydrogen) atoms. The van der Waals surface area contributed by atoms with E-state index in [9.17, 15) is 0 Å². The van der Waals surface area contributed by atoms with E-state index >= 15 is 0 Å². The van der Waals surface area contributed by atoms with Crippen molar-refractivity contribution in [2.75, 3.05) is 11.4 Å². The summed E-state index contributed by atoms with van der Waals surface area (Å²) in [5, 5.41) is 3.43. The third kappa shape index (κ3) is 5.87. The van der Waals surface area contributed by atoms with Gasteiger partial charge in [0.15, 0.2) is 0 Å². The summed E-state index contributed by atoms with van der Waals surface area (Å²) < 4.78 is 0. The third-order valence-corrected chi connectivity index (χ3v) is 2.97. The van der Waals surface area contributed by atoms with Gasteiger partial charge in [-0.15, -0.1) is 0 Å². The molecule has 0 unspecified atom stereocenters. The van der Waals surface area contributed by atoms with Gasteiger partial charge in [0.2, 0.25) is 0 Å². The Morgan fingerprint density at radius 1 is 1.10 bits per heavy atom. The summed E-state index contributed by atoms with van der Waals surface area (Å²) in [7, 11) is 0. The van der Waals surface area contributed by atoms with E-state index in [-0.39, 0.29) is 5.54 Å². The van der Waals surface area contributed by atoms with E-state index in [1.54, 1.807) is 0 Å². The van der Waals surface area contributed by atoms with Gasteiger partial charge in [0.1, 0.15) is 5.82 Å². The van der Waals surface area contributed by atoms with Crippen molar-refractivity contribution >= 4 is 5.82 Å². The summed E-state index contributed by atoms with van der Waals surface area (Å²) in [6.07, 6.45) is 3.77. The molecule has 1 rings (SSSR count). The fourth-order valence-electron chi connectivity index (χ4n) is 1.91. The lowest BCUT2D eigenvalue weighted by atomic mass is 10.1. The Morgan fingerprint density at radius 3 is 2.15 bits per heavy atom. The van der Waals surface area contributed by atoms with Crippen LogP contribution in [0.2, 0.25) is 0 Å². The van der Waals surface area contributed by atoms with Gasteiger partial charge in [-0.3, -0.25) is 4.98 Å². The van der Waals surface area contributed by atoms with Gasteiger partial charge < -0.3 is 10.2 Å². The number of nitrogens with zero attached hydrogens (tertiary/aromatic N) is 3. The Morgan fingerprint density at radius 2 is 1.75 bits per heavy atom. The topological polar surface area (TPSA) is 41.1 Å². The minimum atomic E-state index is 0.0992. The highest BCUT2D eigenvalue weighted by molar-refractivity contribution is 5.37. The molecular formula is C16H30N4. The van der Waals surface area contributed by atoms with Crippen LogP contribution in [-0.2, 0) is 6.54 Å². The second-order valence-electron chi connectivity index (χ2n) is 7.11. The van der Waals surface area contributed by atoms with Crippen molar-refractivity contribution in [3.05, 3.63) is 18.1 Å². The molecule has 0 atom stereocenters. The molecule has 0 aliphatic heterocycles. The number of rotatable bonds is 6. The standard InChI is InChI=1S/C16H30N4/c1-12(2)11-20(13(3)4)15-10-17-14(8-18-15)9-19-16(5,6)7/h8,10,12-13,19H,9,11H2,1-7H3. The molecule has 114 valence electrons. The molecule has 4 heteroatoms. The molecule has 0 bridgehead atoms. The maximum atomic E-state index is 4.58. The van der Waals surface area contributed by atoms with Gasteiger partial charge in [-0.25, -0.2) is 4.98 Å². The van der Waals surface area contributed by atoms with E-state index in [2.05, 4.69) is 68.7 Å². The van der Waals surface area contributed by atoms with Crippen molar-refractivity contribution in [2.45, 2.75) is 66.6 Å². The average Bonchev–Trinajstić information content (AvgIpc) is 2.33. The first kappa shape index (κ1) is 16.9. The van der Waals surface area contributed by atoms with Crippen molar-refractivity contribution in [1.29, 1.82) is 0 Å². The summed E-state index contributed by atoms with van der Waals surface area (Å²) in [5.74, 6) is 1.58. The van der Waals surface area contributed by atoms with Gasteiger partial charge in [0, 0.05) is 24.7 Å². The van der Waals surface area contributed by atoms with Crippen LogP contribution in [0, 0.1) is 5.92 Å². The van der Waals surface area contributed by atoms with Crippen LogP contribution in [0.3, 0.4) is 0 Å².